The van der Waals surface area contributed by atoms with Crippen molar-refractivity contribution in [1.29, 1.82) is 0 Å². The average Bonchev–Trinajstić information content (AvgIpc) is 3.26. The van der Waals surface area contributed by atoms with E-state index in [0.717, 1.165) is 48.9 Å². The number of carbonyl (C=O) groups excluding carboxylic acids is 1. The number of amides is 1. The van der Waals surface area contributed by atoms with Crippen LogP contribution in [0, 0.1) is 11.8 Å². The maximum atomic E-state index is 12.3. The lowest BCUT2D eigenvalue weighted by Gasteiger charge is -2.26. The summed E-state index contributed by atoms with van der Waals surface area (Å²) in [5, 5.41) is 0. The van der Waals surface area contributed by atoms with Crippen LogP contribution >= 0.6 is 0 Å². The third-order valence-electron chi connectivity index (χ3n) is 5.62. The molecule has 0 saturated carbocycles. The van der Waals surface area contributed by atoms with Crippen molar-refractivity contribution in [3.63, 3.8) is 0 Å². The predicted molar refractivity (Wildman–Crippen MR) is 113 cm³/mol. The van der Waals surface area contributed by atoms with Crippen molar-refractivity contribution in [1.82, 2.24) is 9.88 Å². The number of pyridine rings is 1. The zero-order valence-corrected chi connectivity index (χ0v) is 17.6. The Morgan fingerprint density at radius 1 is 1.07 bits per heavy atom. The molecule has 4 rings (SSSR count). The number of likely N-dealkylation sites (tertiary alicyclic amines) is 1. The minimum absolute atomic E-state index is 0.192. The molecule has 2 aliphatic rings. The van der Waals surface area contributed by atoms with E-state index in [2.05, 4.69) is 22.0 Å². The number of anilines is 1. The molecule has 6 nitrogen and oxygen atoms in total. The van der Waals surface area contributed by atoms with Crippen LogP contribution in [0.4, 0.5) is 10.5 Å². The van der Waals surface area contributed by atoms with E-state index in [-0.39, 0.29) is 6.09 Å². The number of carbonyl (C=O) groups is 1. The summed E-state index contributed by atoms with van der Waals surface area (Å²) in [6.45, 7) is 9.16. The van der Waals surface area contributed by atoms with Crippen LogP contribution in [0.2, 0.25) is 0 Å². The number of nitrogens with zero attached hydrogens (tertiary/aromatic N) is 3. The van der Waals surface area contributed by atoms with Crippen molar-refractivity contribution >= 4 is 11.8 Å². The Bertz CT molecular complexity index is 862. The summed E-state index contributed by atoms with van der Waals surface area (Å²) < 4.78 is 10.8. The summed E-state index contributed by atoms with van der Waals surface area (Å²) in [6, 6.07) is 12.1. The van der Waals surface area contributed by atoms with Crippen molar-refractivity contribution in [2.24, 2.45) is 11.8 Å². The van der Waals surface area contributed by atoms with Crippen molar-refractivity contribution in [3.05, 3.63) is 42.6 Å². The molecule has 154 valence electrons. The molecule has 0 N–H and O–H groups in total. The van der Waals surface area contributed by atoms with Gasteiger partial charge in [0, 0.05) is 43.6 Å². The lowest BCUT2D eigenvalue weighted by molar-refractivity contribution is 0.0282. The van der Waals surface area contributed by atoms with Gasteiger partial charge in [-0.25, -0.2) is 4.79 Å². The van der Waals surface area contributed by atoms with E-state index in [9.17, 15) is 4.79 Å². The Kier molecular flexibility index (Phi) is 5.11. The highest BCUT2D eigenvalue weighted by Crippen LogP contribution is 2.35. The van der Waals surface area contributed by atoms with Gasteiger partial charge in [-0.2, -0.15) is 0 Å². The molecule has 29 heavy (non-hydrogen) atoms. The molecule has 2 aromatic rings. The molecular formula is C23H29N3O3. The van der Waals surface area contributed by atoms with E-state index >= 15 is 0 Å². The Balaban J connectivity index is 1.38. The van der Waals surface area contributed by atoms with Gasteiger partial charge >= 0.3 is 6.09 Å². The molecule has 0 bridgehead atoms. The summed E-state index contributed by atoms with van der Waals surface area (Å²) in [5.74, 6) is 1.80. The Labute approximate surface area is 172 Å². The van der Waals surface area contributed by atoms with Gasteiger partial charge in [-0.3, -0.25) is 4.98 Å². The highest BCUT2D eigenvalue weighted by atomic mass is 16.6. The molecule has 3 heterocycles. The number of hydrogen-bond donors (Lipinski definition) is 0. The number of fused-ring (bicyclic) bond motifs is 1. The fraction of sp³-hybridized carbons (Fsp3) is 0.478. The number of aromatic nitrogens is 1. The van der Waals surface area contributed by atoms with Crippen LogP contribution in [0.5, 0.6) is 5.75 Å². The third-order valence-corrected chi connectivity index (χ3v) is 5.62. The van der Waals surface area contributed by atoms with E-state index in [0.29, 0.717) is 11.8 Å². The van der Waals surface area contributed by atoms with Crippen LogP contribution < -0.4 is 9.64 Å². The van der Waals surface area contributed by atoms with Gasteiger partial charge in [0.25, 0.3) is 0 Å². The first kappa shape index (κ1) is 19.6. The molecule has 1 aromatic carbocycles. The van der Waals surface area contributed by atoms with Gasteiger partial charge < -0.3 is 19.3 Å². The van der Waals surface area contributed by atoms with Crippen LogP contribution in [-0.2, 0) is 4.74 Å². The Hall–Kier alpha value is -2.76. The second-order valence-electron chi connectivity index (χ2n) is 8.94. The highest BCUT2D eigenvalue weighted by Gasteiger charge is 2.42. The average molecular weight is 396 g/mol. The molecule has 0 radical (unpaired) electrons. The molecule has 0 aliphatic carbocycles. The monoisotopic (exact) mass is 395 g/mol. The topological polar surface area (TPSA) is 54.9 Å². The minimum atomic E-state index is -0.447. The van der Waals surface area contributed by atoms with Gasteiger partial charge in [0.15, 0.2) is 0 Å². The molecule has 0 unspecified atom stereocenters. The molecule has 2 fully saturated rings. The van der Waals surface area contributed by atoms with E-state index in [1.165, 1.54) is 0 Å². The normalized spacial score (nSPS) is 21.2. The second-order valence-corrected chi connectivity index (χ2v) is 8.94. The molecular weight excluding hydrogens is 366 g/mol. The first-order valence-corrected chi connectivity index (χ1v) is 10.2. The number of methoxy groups -OCH3 is 1. The largest absolute Gasteiger partial charge is 0.497 e. The Morgan fingerprint density at radius 2 is 1.79 bits per heavy atom. The summed E-state index contributed by atoms with van der Waals surface area (Å²) in [5.41, 5.74) is 2.66. The fourth-order valence-corrected chi connectivity index (χ4v) is 4.21. The van der Waals surface area contributed by atoms with Gasteiger partial charge in [-0.05, 0) is 45.0 Å². The van der Waals surface area contributed by atoms with Crippen LogP contribution in [0.1, 0.15) is 20.8 Å². The lowest BCUT2D eigenvalue weighted by atomic mass is 10.0. The predicted octanol–water partition coefficient (Wildman–Crippen LogP) is 4.06. The summed E-state index contributed by atoms with van der Waals surface area (Å²) in [4.78, 5) is 21.2. The van der Waals surface area contributed by atoms with Crippen molar-refractivity contribution in [2.75, 3.05) is 38.2 Å². The maximum absolute atomic E-state index is 12.3. The first-order valence-electron chi connectivity index (χ1n) is 10.2. The van der Waals surface area contributed by atoms with E-state index in [4.69, 9.17) is 9.47 Å². The minimum Gasteiger partial charge on any atom is -0.497 e. The van der Waals surface area contributed by atoms with Gasteiger partial charge in [-0.1, -0.05) is 12.1 Å². The van der Waals surface area contributed by atoms with Crippen LogP contribution in [0.25, 0.3) is 11.3 Å². The molecule has 2 saturated heterocycles. The zero-order valence-electron chi connectivity index (χ0n) is 17.6. The van der Waals surface area contributed by atoms with E-state index in [1.54, 1.807) is 7.11 Å². The molecule has 2 aliphatic heterocycles. The third kappa shape index (κ3) is 4.31. The SMILES string of the molecule is COc1cccc(-c2ccc(N3C[C@H]4CN(C(=O)OC(C)(C)C)C[C@H]4C3)cn2)c1. The second kappa shape index (κ2) is 7.58. The van der Waals surface area contributed by atoms with Crippen molar-refractivity contribution in [3.8, 4) is 17.0 Å². The van der Waals surface area contributed by atoms with Crippen LogP contribution in [0.3, 0.4) is 0 Å². The highest BCUT2D eigenvalue weighted by molar-refractivity contribution is 5.69. The Morgan fingerprint density at radius 3 is 2.38 bits per heavy atom. The standard InChI is InChI=1S/C23H29N3O3/c1-23(2,3)29-22(27)26-14-17-12-25(13-18(17)15-26)19-8-9-21(24-11-19)16-6-5-7-20(10-16)28-4/h5-11,17-18H,12-15H2,1-4H3/t17-,18+. The summed E-state index contributed by atoms with van der Waals surface area (Å²) >= 11 is 0. The van der Waals surface area contributed by atoms with Gasteiger partial charge in [0.2, 0.25) is 0 Å². The quantitative estimate of drug-likeness (QED) is 0.784. The zero-order chi connectivity index (χ0) is 20.6. The smallest absolute Gasteiger partial charge is 0.410 e. The van der Waals surface area contributed by atoms with E-state index in [1.807, 2.05) is 56.1 Å². The number of benzene rings is 1. The van der Waals surface area contributed by atoms with Gasteiger partial charge in [0.1, 0.15) is 11.4 Å². The summed E-state index contributed by atoms with van der Waals surface area (Å²) in [7, 11) is 1.67. The van der Waals surface area contributed by atoms with Crippen molar-refractivity contribution in [2.45, 2.75) is 26.4 Å². The molecule has 1 aromatic heterocycles. The molecule has 6 heteroatoms. The van der Waals surface area contributed by atoms with Crippen LogP contribution in [0.15, 0.2) is 42.6 Å². The fourth-order valence-electron chi connectivity index (χ4n) is 4.21. The van der Waals surface area contributed by atoms with Gasteiger partial charge in [-0.15, -0.1) is 0 Å². The van der Waals surface area contributed by atoms with Crippen LogP contribution in [-0.4, -0.2) is 54.9 Å². The molecule has 1 amide bonds. The van der Waals surface area contributed by atoms with Crippen molar-refractivity contribution < 1.29 is 14.3 Å². The van der Waals surface area contributed by atoms with E-state index < -0.39 is 5.60 Å². The first-order chi connectivity index (χ1) is 13.8. The summed E-state index contributed by atoms with van der Waals surface area (Å²) in [6.07, 6.45) is 1.75. The lowest BCUT2D eigenvalue weighted by Crippen LogP contribution is -2.37. The number of hydrogen-bond acceptors (Lipinski definition) is 5. The maximum Gasteiger partial charge on any atom is 0.410 e. The number of rotatable bonds is 3. The molecule has 2 atom stereocenters. The van der Waals surface area contributed by atoms with Gasteiger partial charge in [0.05, 0.1) is 24.7 Å². The number of ether oxygens (including phenoxy) is 2. The molecule has 0 spiro atoms.